The van der Waals surface area contributed by atoms with Crippen molar-refractivity contribution >= 4 is 27.8 Å². The van der Waals surface area contributed by atoms with Crippen LogP contribution in [0.15, 0.2) is 39.8 Å². The highest BCUT2D eigenvalue weighted by molar-refractivity contribution is 7.93. The third-order valence-electron chi connectivity index (χ3n) is 1.89. The van der Waals surface area contributed by atoms with E-state index in [-0.39, 0.29) is 12.4 Å². The Balaban J connectivity index is 2.02. The Hall–Kier alpha value is -1.33. The molecule has 0 spiro atoms. The number of rotatable bonds is 3. The first-order valence-corrected chi connectivity index (χ1v) is 6.33. The van der Waals surface area contributed by atoms with Gasteiger partial charge in [0.2, 0.25) is 0 Å². The van der Waals surface area contributed by atoms with E-state index in [9.17, 15) is 8.42 Å². The van der Waals surface area contributed by atoms with E-state index >= 15 is 0 Å². The maximum Gasteiger partial charge on any atom is 0.279 e. The molecule has 16 heavy (non-hydrogen) atoms. The molecule has 1 aromatic rings. The van der Waals surface area contributed by atoms with Gasteiger partial charge in [0.05, 0.1) is 11.6 Å². The van der Waals surface area contributed by atoms with Gasteiger partial charge in [0.25, 0.3) is 10.0 Å². The molecule has 0 aromatic heterocycles. The van der Waals surface area contributed by atoms with Crippen LogP contribution in [0.1, 0.15) is 5.56 Å². The Labute approximate surface area is 98.3 Å². The third-order valence-corrected chi connectivity index (χ3v) is 3.05. The van der Waals surface area contributed by atoms with Gasteiger partial charge in [-0.2, -0.15) is 12.8 Å². The van der Waals surface area contributed by atoms with Gasteiger partial charge < -0.3 is 4.74 Å². The minimum Gasteiger partial charge on any atom is -0.486 e. The fourth-order valence-electron chi connectivity index (χ4n) is 1.20. The average Bonchev–Trinajstić information content (AvgIpc) is 2.56. The molecule has 0 radical (unpaired) electrons. The first-order valence-electron chi connectivity index (χ1n) is 4.44. The first-order chi connectivity index (χ1) is 7.55. The van der Waals surface area contributed by atoms with Crippen molar-refractivity contribution in [2.45, 2.75) is 6.61 Å². The number of sulfonamides is 1. The molecule has 0 N–H and O–H groups in total. The largest absolute Gasteiger partial charge is 0.486 e. The third kappa shape index (κ3) is 2.84. The summed E-state index contributed by atoms with van der Waals surface area (Å²) in [5.41, 5.74) is 0.867. The number of hydrogen-bond acceptors (Lipinski definition) is 3. The van der Waals surface area contributed by atoms with Crippen molar-refractivity contribution in [3.8, 4) is 0 Å². The van der Waals surface area contributed by atoms with Gasteiger partial charge in [-0.25, -0.2) is 0 Å². The lowest BCUT2D eigenvalue weighted by atomic mass is 10.2. The molecule has 0 bridgehead atoms. The quantitative estimate of drug-likeness (QED) is 0.833. The number of halogens is 1. The van der Waals surface area contributed by atoms with E-state index in [2.05, 4.69) is 4.40 Å². The molecule has 6 heteroatoms. The van der Waals surface area contributed by atoms with Crippen LogP contribution < -0.4 is 0 Å². The smallest absolute Gasteiger partial charge is 0.279 e. The van der Waals surface area contributed by atoms with Crippen LogP contribution in [-0.2, 0) is 21.4 Å². The molecule has 2 rings (SSSR count). The molecule has 0 atom stereocenters. The highest BCUT2D eigenvalue weighted by Crippen LogP contribution is 2.15. The van der Waals surface area contributed by atoms with Gasteiger partial charge in [-0.1, -0.05) is 23.7 Å². The molecule has 0 unspecified atom stereocenters. The lowest BCUT2D eigenvalue weighted by molar-refractivity contribution is 0.220. The molecule has 4 nitrogen and oxygen atoms in total. The standard InChI is InChI=1S/C10H8ClNO3S/c11-9-3-1-2-8(4-9)6-15-10-5-12-16(13,14)7-10/h1-5,7H,6H2. The minimum atomic E-state index is -3.45. The Morgan fingerprint density at radius 1 is 1.38 bits per heavy atom. The minimum absolute atomic E-state index is 0.236. The number of ether oxygens (including phenoxy) is 1. The fourth-order valence-corrected chi connectivity index (χ4v) is 2.14. The Bertz CT molecular complexity index is 563. The summed E-state index contributed by atoms with van der Waals surface area (Å²) in [6.45, 7) is 0.258. The van der Waals surface area contributed by atoms with E-state index < -0.39 is 10.0 Å². The summed E-state index contributed by atoms with van der Waals surface area (Å²) in [7, 11) is -3.45. The molecule has 0 aliphatic carbocycles. The Morgan fingerprint density at radius 2 is 2.19 bits per heavy atom. The molecular formula is C10H8ClNO3S. The topological polar surface area (TPSA) is 55.7 Å². The molecule has 0 saturated heterocycles. The van der Waals surface area contributed by atoms with Gasteiger partial charge in [0, 0.05) is 5.02 Å². The van der Waals surface area contributed by atoms with Gasteiger partial charge in [-0.3, -0.25) is 0 Å². The van der Waals surface area contributed by atoms with Gasteiger partial charge >= 0.3 is 0 Å². The monoisotopic (exact) mass is 257 g/mol. The molecule has 0 saturated carbocycles. The summed E-state index contributed by atoms with van der Waals surface area (Å²) in [6.07, 6.45) is 1.18. The highest BCUT2D eigenvalue weighted by Gasteiger charge is 2.13. The molecule has 0 amide bonds. The SMILES string of the molecule is O=S1(=O)C=C(OCc2cccc(Cl)c2)C=N1. The van der Waals surface area contributed by atoms with E-state index in [0.29, 0.717) is 5.02 Å². The van der Waals surface area contributed by atoms with E-state index in [0.717, 1.165) is 11.0 Å². The number of allylic oxidation sites excluding steroid dienone is 1. The molecule has 1 aliphatic heterocycles. The molecular weight excluding hydrogens is 250 g/mol. The van der Waals surface area contributed by atoms with Crippen molar-refractivity contribution in [2.24, 2.45) is 4.40 Å². The van der Waals surface area contributed by atoms with E-state index in [4.69, 9.17) is 16.3 Å². The van der Waals surface area contributed by atoms with Crippen LogP contribution in [0.2, 0.25) is 5.02 Å². The maximum atomic E-state index is 10.9. The lowest BCUT2D eigenvalue weighted by Gasteiger charge is -2.04. The van der Waals surface area contributed by atoms with Gasteiger partial charge in [0.1, 0.15) is 6.61 Å². The lowest BCUT2D eigenvalue weighted by Crippen LogP contribution is -1.93. The Morgan fingerprint density at radius 3 is 2.81 bits per heavy atom. The molecule has 1 aliphatic rings. The summed E-state index contributed by atoms with van der Waals surface area (Å²) in [5, 5.41) is 1.60. The van der Waals surface area contributed by atoms with Crippen LogP contribution in [0, 0.1) is 0 Å². The summed E-state index contributed by atoms with van der Waals surface area (Å²) in [4.78, 5) is 0. The zero-order chi connectivity index (χ0) is 11.6. The second kappa shape index (κ2) is 4.27. The molecule has 84 valence electrons. The van der Waals surface area contributed by atoms with Crippen LogP contribution in [-0.4, -0.2) is 14.6 Å². The van der Waals surface area contributed by atoms with Crippen molar-refractivity contribution in [2.75, 3.05) is 0 Å². The predicted molar refractivity (Wildman–Crippen MR) is 61.7 cm³/mol. The molecule has 0 fully saturated rings. The number of nitrogens with zero attached hydrogens (tertiary/aromatic N) is 1. The van der Waals surface area contributed by atoms with E-state index in [1.54, 1.807) is 18.2 Å². The van der Waals surface area contributed by atoms with Crippen molar-refractivity contribution in [1.82, 2.24) is 0 Å². The summed E-state index contributed by atoms with van der Waals surface area (Å²) >= 11 is 5.79. The van der Waals surface area contributed by atoms with Gasteiger partial charge in [-0.15, -0.1) is 0 Å². The molecule has 1 heterocycles. The normalized spacial score (nSPS) is 17.2. The van der Waals surface area contributed by atoms with Gasteiger partial charge in [0.15, 0.2) is 5.76 Å². The summed E-state index contributed by atoms with van der Waals surface area (Å²) < 4.78 is 30.4. The number of hydrogen-bond donors (Lipinski definition) is 0. The van der Waals surface area contributed by atoms with Crippen molar-refractivity contribution in [1.29, 1.82) is 0 Å². The zero-order valence-corrected chi connectivity index (χ0v) is 9.70. The van der Waals surface area contributed by atoms with Crippen LogP contribution in [0.3, 0.4) is 0 Å². The Kier molecular flexibility index (Phi) is 2.98. The average molecular weight is 258 g/mol. The predicted octanol–water partition coefficient (Wildman–Crippen LogP) is 2.11. The first kappa shape index (κ1) is 11.2. The van der Waals surface area contributed by atoms with Crippen LogP contribution in [0.4, 0.5) is 0 Å². The van der Waals surface area contributed by atoms with Crippen molar-refractivity contribution in [3.05, 3.63) is 46.0 Å². The molecule has 1 aromatic carbocycles. The van der Waals surface area contributed by atoms with E-state index in [1.807, 2.05) is 6.07 Å². The second-order valence-corrected chi connectivity index (χ2v) is 5.10. The van der Waals surface area contributed by atoms with Gasteiger partial charge in [-0.05, 0) is 17.7 Å². The van der Waals surface area contributed by atoms with E-state index in [1.165, 1.54) is 6.21 Å². The van der Waals surface area contributed by atoms with Crippen LogP contribution >= 0.6 is 11.6 Å². The van der Waals surface area contributed by atoms with Crippen molar-refractivity contribution < 1.29 is 13.2 Å². The maximum absolute atomic E-state index is 10.9. The van der Waals surface area contributed by atoms with Crippen LogP contribution in [0.25, 0.3) is 0 Å². The van der Waals surface area contributed by atoms with Crippen molar-refractivity contribution in [3.63, 3.8) is 0 Å². The highest BCUT2D eigenvalue weighted by atomic mass is 35.5. The summed E-state index contributed by atoms with van der Waals surface area (Å²) in [5.74, 6) is 0.236. The fraction of sp³-hybridized carbons (Fsp3) is 0.100. The number of benzene rings is 1. The second-order valence-electron chi connectivity index (χ2n) is 3.19. The van der Waals surface area contributed by atoms with Crippen LogP contribution in [0.5, 0.6) is 0 Å². The zero-order valence-electron chi connectivity index (χ0n) is 8.13. The summed E-state index contributed by atoms with van der Waals surface area (Å²) in [6, 6.07) is 7.15.